The van der Waals surface area contributed by atoms with Crippen molar-refractivity contribution in [1.82, 2.24) is 4.98 Å². The van der Waals surface area contributed by atoms with Crippen molar-refractivity contribution in [2.45, 2.75) is 45.1 Å². The number of aromatic nitrogens is 1. The first-order valence-electron chi connectivity index (χ1n) is 10.0. The minimum Gasteiger partial charge on any atom is -0.399 e. The van der Waals surface area contributed by atoms with Gasteiger partial charge in [-0.15, -0.1) is 11.3 Å². The number of nitrogens with one attached hydrogen (secondary N) is 1. The first-order chi connectivity index (χ1) is 14.0. The quantitative estimate of drug-likeness (QED) is 0.437. The monoisotopic (exact) mass is 408 g/mol. The lowest BCUT2D eigenvalue weighted by atomic mass is 10.0. The van der Waals surface area contributed by atoms with Gasteiger partial charge in [-0.1, -0.05) is 44.0 Å². The lowest BCUT2D eigenvalue weighted by Crippen LogP contribution is -2.14. The normalized spacial score (nSPS) is 11.9. The van der Waals surface area contributed by atoms with Crippen molar-refractivity contribution in [3.05, 3.63) is 75.7 Å². The largest absolute Gasteiger partial charge is 0.399 e. The maximum Gasteiger partial charge on any atom is 0.275 e. The number of anilines is 2. The number of rotatable bonds is 9. The third-order valence-electron chi connectivity index (χ3n) is 4.83. The minimum absolute atomic E-state index is 0.0955. The van der Waals surface area contributed by atoms with E-state index < -0.39 is 0 Å². The molecule has 0 fully saturated rings. The molecule has 5 nitrogen and oxygen atoms in total. The van der Waals surface area contributed by atoms with Crippen LogP contribution in [0.1, 0.15) is 58.9 Å². The van der Waals surface area contributed by atoms with Crippen LogP contribution >= 0.6 is 11.3 Å². The Morgan fingerprint density at radius 3 is 2.31 bits per heavy atom. The molecule has 0 aliphatic rings. The predicted molar refractivity (Wildman–Crippen MR) is 121 cm³/mol. The van der Waals surface area contributed by atoms with Gasteiger partial charge in [0.25, 0.3) is 5.91 Å². The average molecular weight is 409 g/mol. The summed E-state index contributed by atoms with van der Waals surface area (Å²) in [5.74, 6) is -0.204. The number of carbonyl (C=O) groups is 1. The van der Waals surface area contributed by atoms with Crippen LogP contribution in [0.5, 0.6) is 0 Å². The van der Waals surface area contributed by atoms with Crippen molar-refractivity contribution < 1.29 is 4.79 Å². The molecule has 0 bridgehead atoms. The molecular formula is C23H28N4OS. The summed E-state index contributed by atoms with van der Waals surface area (Å²) in [6.07, 6.45) is 4.94. The van der Waals surface area contributed by atoms with Gasteiger partial charge in [-0.2, -0.15) is 0 Å². The second-order valence-electron chi connectivity index (χ2n) is 7.21. The SMILES string of the molecule is CCCCC(N)c1nc(C(=O)Nc2ccc(CCc3ccc(N)cc3)cc2)cs1. The molecular weight excluding hydrogens is 380 g/mol. The molecule has 0 radical (unpaired) electrons. The number of benzene rings is 2. The third kappa shape index (κ3) is 6.14. The Labute approximate surface area is 176 Å². The van der Waals surface area contributed by atoms with E-state index in [1.807, 2.05) is 36.4 Å². The van der Waals surface area contributed by atoms with Crippen LogP contribution in [0.4, 0.5) is 11.4 Å². The summed E-state index contributed by atoms with van der Waals surface area (Å²) in [6, 6.07) is 15.8. The number of nitrogens with zero attached hydrogens (tertiary/aromatic N) is 1. The topological polar surface area (TPSA) is 94.0 Å². The highest BCUT2D eigenvalue weighted by molar-refractivity contribution is 7.09. The van der Waals surface area contributed by atoms with E-state index in [0.29, 0.717) is 5.69 Å². The zero-order valence-corrected chi connectivity index (χ0v) is 17.5. The Morgan fingerprint density at radius 2 is 1.69 bits per heavy atom. The Bertz CT molecular complexity index is 919. The van der Waals surface area contributed by atoms with Crippen molar-refractivity contribution in [3.63, 3.8) is 0 Å². The number of hydrogen-bond acceptors (Lipinski definition) is 5. The summed E-state index contributed by atoms with van der Waals surface area (Å²) in [5, 5.41) is 5.51. The molecule has 0 aliphatic heterocycles. The molecule has 0 spiro atoms. The molecule has 0 aliphatic carbocycles. The number of thiazole rings is 1. The molecule has 1 aromatic heterocycles. The predicted octanol–water partition coefficient (Wildman–Crippen LogP) is 4.95. The van der Waals surface area contributed by atoms with E-state index in [9.17, 15) is 4.79 Å². The number of amides is 1. The van der Waals surface area contributed by atoms with Crippen LogP contribution in [-0.2, 0) is 12.8 Å². The Balaban J connectivity index is 1.53. The maximum atomic E-state index is 12.5. The van der Waals surface area contributed by atoms with Gasteiger partial charge in [0.15, 0.2) is 0 Å². The number of nitrogens with two attached hydrogens (primary N) is 2. The lowest BCUT2D eigenvalue weighted by Gasteiger charge is -2.07. The van der Waals surface area contributed by atoms with Crippen LogP contribution in [-0.4, -0.2) is 10.9 Å². The van der Waals surface area contributed by atoms with Crippen molar-refractivity contribution in [2.24, 2.45) is 5.73 Å². The van der Waals surface area contributed by atoms with Crippen molar-refractivity contribution in [2.75, 3.05) is 11.1 Å². The van der Waals surface area contributed by atoms with Crippen molar-refractivity contribution in [1.29, 1.82) is 0 Å². The Kier molecular flexibility index (Phi) is 7.38. The van der Waals surface area contributed by atoms with Gasteiger partial charge < -0.3 is 16.8 Å². The first-order valence-corrected chi connectivity index (χ1v) is 10.9. The van der Waals surface area contributed by atoms with Gasteiger partial charge in [-0.25, -0.2) is 4.98 Å². The van der Waals surface area contributed by atoms with Gasteiger partial charge in [0.05, 0.1) is 6.04 Å². The van der Waals surface area contributed by atoms with Gasteiger partial charge in [0.1, 0.15) is 10.7 Å². The molecule has 1 amide bonds. The standard InChI is InChI=1S/C23H28N4OS/c1-2-3-4-20(25)23-27-21(15-29-23)22(28)26-19-13-9-17(10-14-19)6-5-16-7-11-18(24)12-8-16/h7-15,20H,2-6,24-25H2,1H3,(H,26,28). The van der Waals surface area contributed by atoms with E-state index >= 15 is 0 Å². The van der Waals surface area contributed by atoms with Gasteiger partial charge >= 0.3 is 0 Å². The zero-order chi connectivity index (χ0) is 20.6. The molecule has 2 aromatic carbocycles. The number of unbranched alkanes of at least 4 members (excludes halogenated alkanes) is 1. The highest BCUT2D eigenvalue weighted by Gasteiger charge is 2.15. The summed E-state index contributed by atoms with van der Waals surface area (Å²) >= 11 is 1.45. The summed E-state index contributed by atoms with van der Waals surface area (Å²) in [6.45, 7) is 2.14. The first kappa shape index (κ1) is 21.0. The molecule has 29 heavy (non-hydrogen) atoms. The smallest absolute Gasteiger partial charge is 0.275 e. The van der Waals surface area contributed by atoms with Crippen LogP contribution in [0, 0.1) is 0 Å². The van der Waals surface area contributed by atoms with E-state index in [1.165, 1.54) is 22.5 Å². The highest BCUT2D eigenvalue weighted by atomic mass is 32.1. The van der Waals surface area contributed by atoms with Gasteiger partial charge in [0.2, 0.25) is 0 Å². The van der Waals surface area contributed by atoms with Crippen LogP contribution in [0.15, 0.2) is 53.9 Å². The molecule has 0 saturated carbocycles. The lowest BCUT2D eigenvalue weighted by molar-refractivity contribution is 0.102. The molecule has 1 unspecified atom stereocenters. The highest BCUT2D eigenvalue weighted by Crippen LogP contribution is 2.22. The van der Waals surface area contributed by atoms with Gasteiger partial charge in [-0.05, 0) is 54.7 Å². The second kappa shape index (κ2) is 10.2. The van der Waals surface area contributed by atoms with E-state index in [2.05, 4.69) is 29.4 Å². The Morgan fingerprint density at radius 1 is 1.07 bits per heavy atom. The molecule has 3 rings (SSSR count). The van der Waals surface area contributed by atoms with Gasteiger partial charge in [0, 0.05) is 16.8 Å². The van der Waals surface area contributed by atoms with E-state index in [4.69, 9.17) is 11.5 Å². The Hall–Kier alpha value is -2.70. The third-order valence-corrected chi connectivity index (χ3v) is 5.81. The minimum atomic E-state index is -0.204. The molecule has 0 saturated heterocycles. The van der Waals surface area contributed by atoms with Crippen LogP contribution in [0.3, 0.4) is 0 Å². The molecule has 6 heteroatoms. The summed E-state index contributed by atoms with van der Waals surface area (Å²) < 4.78 is 0. The van der Waals surface area contributed by atoms with E-state index in [0.717, 1.165) is 48.5 Å². The molecule has 152 valence electrons. The van der Waals surface area contributed by atoms with E-state index in [-0.39, 0.29) is 11.9 Å². The number of carbonyl (C=O) groups excluding carboxylic acids is 1. The zero-order valence-electron chi connectivity index (χ0n) is 16.7. The summed E-state index contributed by atoms with van der Waals surface area (Å²) in [7, 11) is 0. The second-order valence-corrected chi connectivity index (χ2v) is 8.10. The van der Waals surface area contributed by atoms with Crippen molar-refractivity contribution in [3.8, 4) is 0 Å². The average Bonchev–Trinajstić information content (AvgIpc) is 3.23. The molecule has 5 N–H and O–H groups in total. The molecule has 1 heterocycles. The fourth-order valence-corrected chi connectivity index (χ4v) is 3.87. The summed E-state index contributed by atoms with van der Waals surface area (Å²) in [4.78, 5) is 16.9. The number of hydrogen-bond donors (Lipinski definition) is 3. The number of nitrogen functional groups attached to an aromatic ring is 1. The fraction of sp³-hybridized carbons (Fsp3) is 0.304. The summed E-state index contributed by atoms with van der Waals surface area (Å²) in [5.41, 5.74) is 16.3. The van der Waals surface area contributed by atoms with Crippen LogP contribution in [0.2, 0.25) is 0 Å². The van der Waals surface area contributed by atoms with Crippen LogP contribution < -0.4 is 16.8 Å². The molecule has 3 aromatic rings. The van der Waals surface area contributed by atoms with Crippen molar-refractivity contribution >= 4 is 28.6 Å². The fourth-order valence-electron chi connectivity index (χ4n) is 3.03. The van der Waals surface area contributed by atoms with Crippen LogP contribution in [0.25, 0.3) is 0 Å². The number of aryl methyl sites for hydroxylation is 2. The maximum absolute atomic E-state index is 12.5. The molecule has 1 atom stereocenters. The van der Waals surface area contributed by atoms with E-state index in [1.54, 1.807) is 5.38 Å². The van der Waals surface area contributed by atoms with Gasteiger partial charge in [-0.3, -0.25) is 4.79 Å².